The zero-order valence-corrected chi connectivity index (χ0v) is 8.14. The molecule has 0 bridgehead atoms. The highest BCUT2D eigenvalue weighted by molar-refractivity contribution is 7.13. The average molecular weight is 230 g/mol. The fraction of sp³-hybridized carbons (Fsp3) is 0.143. The molecule has 1 heterocycles. The second-order valence-corrected chi connectivity index (χ2v) is 3.27. The van der Waals surface area contributed by atoms with Crippen molar-refractivity contribution in [1.29, 1.82) is 0 Å². The van der Waals surface area contributed by atoms with Crippen LogP contribution in [0.1, 0.15) is 5.56 Å². The first-order valence-electron chi connectivity index (χ1n) is 3.69. The molecule has 1 rings (SSSR count). The Morgan fingerprint density at radius 1 is 1.80 bits per heavy atom. The van der Waals surface area contributed by atoms with Crippen LogP contribution in [0.5, 0.6) is 0 Å². The standard InChI is InChI=1S/C7H6N2O5S/c10-7(11)3-14-8-2-5-1-6(9(12)13)15-4-5/h1-2,4H,3H2,(H,10,11). The number of carbonyl (C=O) groups is 1. The van der Waals surface area contributed by atoms with E-state index in [4.69, 9.17) is 5.11 Å². The first-order valence-corrected chi connectivity index (χ1v) is 4.57. The summed E-state index contributed by atoms with van der Waals surface area (Å²) in [5.74, 6) is -1.14. The fourth-order valence-electron chi connectivity index (χ4n) is 0.693. The number of carboxylic acid groups (broad SMARTS) is 1. The van der Waals surface area contributed by atoms with Crippen molar-refractivity contribution in [3.05, 3.63) is 27.1 Å². The normalized spacial score (nSPS) is 10.4. The van der Waals surface area contributed by atoms with Gasteiger partial charge in [-0.1, -0.05) is 16.5 Å². The lowest BCUT2D eigenvalue weighted by Gasteiger charge is -1.90. The van der Waals surface area contributed by atoms with Crippen LogP contribution in [0.4, 0.5) is 5.00 Å². The molecule has 0 aliphatic rings. The molecule has 7 nitrogen and oxygen atoms in total. The van der Waals surface area contributed by atoms with Crippen LogP contribution in [0.3, 0.4) is 0 Å². The maximum atomic E-state index is 10.3. The Morgan fingerprint density at radius 3 is 3.07 bits per heavy atom. The van der Waals surface area contributed by atoms with Crippen LogP contribution in [0.15, 0.2) is 16.6 Å². The molecule has 0 fully saturated rings. The van der Waals surface area contributed by atoms with Crippen LogP contribution in [-0.2, 0) is 9.63 Å². The van der Waals surface area contributed by atoms with Crippen molar-refractivity contribution in [2.45, 2.75) is 0 Å². The monoisotopic (exact) mass is 230 g/mol. The third kappa shape index (κ3) is 3.73. The zero-order chi connectivity index (χ0) is 11.3. The Morgan fingerprint density at radius 2 is 2.53 bits per heavy atom. The van der Waals surface area contributed by atoms with Crippen molar-refractivity contribution in [2.75, 3.05) is 6.61 Å². The van der Waals surface area contributed by atoms with Crippen molar-refractivity contribution in [3.8, 4) is 0 Å². The molecular formula is C7H6N2O5S. The van der Waals surface area contributed by atoms with Gasteiger partial charge in [0.2, 0.25) is 6.61 Å². The minimum absolute atomic E-state index is 0.00492. The predicted octanol–water partition coefficient (Wildman–Crippen LogP) is 1.09. The quantitative estimate of drug-likeness (QED) is 0.463. The molecule has 0 aromatic carbocycles. The van der Waals surface area contributed by atoms with Crippen molar-refractivity contribution < 1.29 is 19.7 Å². The van der Waals surface area contributed by atoms with Gasteiger partial charge in [0.25, 0.3) is 0 Å². The third-order valence-corrected chi connectivity index (χ3v) is 2.15. The van der Waals surface area contributed by atoms with Gasteiger partial charge in [0, 0.05) is 17.0 Å². The zero-order valence-electron chi connectivity index (χ0n) is 7.32. The minimum Gasteiger partial charge on any atom is -0.479 e. The van der Waals surface area contributed by atoms with E-state index >= 15 is 0 Å². The number of rotatable bonds is 5. The smallest absolute Gasteiger partial charge is 0.344 e. The molecule has 0 saturated heterocycles. The average Bonchev–Trinajstić information content (AvgIpc) is 2.60. The van der Waals surface area contributed by atoms with E-state index in [9.17, 15) is 14.9 Å². The molecule has 0 radical (unpaired) electrons. The van der Waals surface area contributed by atoms with E-state index in [0.717, 1.165) is 11.3 Å². The van der Waals surface area contributed by atoms with Crippen LogP contribution in [-0.4, -0.2) is 28.8 Å². The fourth-order valence-corrected chi connectivity index (χ4v) is 1.37. The molecule has 1 N–H and O–H groups in total. The number of aliphatic carboxylic acids is 1. The second kappa shape index (κ2) is 5.05. The maximum absolute atomic E-state index is 10.3. The highest BCUT2D eigenvalue weighted by atomic mass is 32.1. The van der Waals surface area contributed by atoms with Crippen molar-refractivity contribution >= 4 is 28.5 Å². The predicted molar refractivity (Wildman–Crippen MR) is 52.2 cm³/mol. The summed E-state index contributed by atoms with van der Waals surface area (Å²) in [6.07, 6.45) is 1.21. The van der Waals surface area contributed by atoms with Crippen LogP contribution >= 0.6 is 11.3 Å². The molecule has 0 unspecified atom stereocenters. The molecule has 80 valence electrons. The lowest BCUT2D eigenvalue weighted by Crippen LogP contribution is -2.03. The summed E-state index contributed by atoms with van der Waals surface area (Å²) in [6, 6.07) is 1.32. The summed E-state index contributed by atoms with van der Waals surface area (Å²) in [6.45, 7) is -0.539. The lowest BCUT2D eigenvalue weighted by atomic mass is 10.4. The van der Waals surface area contributed by atoms with Gasteiger partial charge in [0.15, 0.2) is 0 Å². The molecule has 0 aliphatic carbocycles. The Hall–Kier alpha value is -1.96. The van der Waals surface area contributed by atoms with Gasteiger partial charge >= 0.3 is 11.0 Å². The number of hydrogen-bond acceptors (Lipinski definition) is 6. The van der Waals surface area contributed by atoms with Crippen LogP contribution in [0.2, 0.25) is 0 Å². The molecule has 0 saturated carbocycles. The van der Waals surface area contributed by atoms with E-state index in [1.54, 1.807) is 0 Å². The van der Waals surface area contributed by atoms with Gasteiger partial charge in [-0.25, -0.2) is 4.79 Å². The summed E-state index contributed by atoms with van der Waals surface area (Å²) >= 11 is 0.960. The van der Waals surface area contributed by atoms with Gasteiger partial charge in [-0.05, 0) is 0 Å². The third-order valence-electron chi connectivity index (χ3n) is 1.25. The van der Waals surface area contributed by atoms with Crippen molar-refractivity contribution in [3.63, 3.8) is 0 Å². The molecule has 0 amide bonds. The molecule has 0 aliphatic heterocycles. The molecule has 1 aromatic heterocycles. The highest BCUT2D eigenvalue weighted by Crippen LogP contribution is 2.21. The second-order valence-electron chi connectivity index (χ2n) is 2.38. The largest absolute Gasteiger partial charge is 0.479 e. The number of hydrogen-bond donors (Lipinski definition) is 1. The number of nitrogens with zero attached hydrogens (tertiary/aromatic N) is 2. The van der Waals surface area contributed by atoms with Crippen LogP contribution in [0, 0.1) is 10.1 Å². The summed E-state index contributed by atoms with van der Waals surface area (Å²) in [5, 5.41) is 23.3. The molecule has 15 heavy (non-hydrogen) atoms. The highest BCUT2D eigenvalue weighted by Gasteiger charge is 2.07. The Bertz CT molecular complexity index is 400. The molecule has 0 atom stereocenters. The van der Waals surface area contributed by atoms with E-state index < -0.39 is 17.5 Å². The number of carboxylic acids is 1. The molecule has 0 spiro atoms. The van der Waals surface area contributed by atoms with Crippen molar-refractivity contribution in [1.82, 2.24) is 0 Å². The van der Waals surface area contributed by atoms with E-state index in [0.29, 0.717) is 5.56 Å². The van der Waals surface area contributed by atoms with Gasteiger partial charge in [-0.3, -0.25) is 10.1 Å². The van der Waals surface area contributed by atoms with Gasteiger partial charge in [0.1, 0.15) is 0 Å². The molecule has 1 aromatic rings. The molecular weight excluding hydrogens is 224 g/mol. The number of nitro groups is 1. The SMILES string of the molecule is O=C(O)CON=Cc1csc([N+](=O)[O-])c1. The Labute approximate surface area is 87.7 Å². The summed E-state index contributed by atoms with van der Waals surface area (Å²) in [7, 11) is 0. The van der Waals surface area contributed by atoms with Crippen LogP contribution < -0.4 is 0 Å². The first-order chi connectivity index (χ1) is 7.09. The summed E-state index contributed by atoms with van der Waals surface area (Å²) in [4.78, 5) is 24.2. The van der Waals surface area contributed by atoms with E-state index in [-0.39, 0.29) is 5.00 Å². The molecule has 8 heteroatoms. The van der Waals surface area contributed by atoms with Gasteiger partial charge in [-0.15, -0.1) is 0 Å². The van der Waals surface area contributed by atoms with E-state index in [1.807, 2.05) is 0 Å². The summed E-state index contributed by atoms with van der Waals surface area (Å²) in [5.41, 5.74) is 0.497. The Balaban J connectivity index is 2.50. The van der Waals surface area contributed by atoms with Gasteiger partial charge < -0.3 is 9.94 Å². The lowest BCUT2D eigenvalue weighted by molar-refractivity contribution is -0.380. The van der Waals surface area contributed by atoms with E-state index in [1.165, 1.54) is 17.7 Å². The first kappa shape index (κ1) is 11.1. The van der Waals surface area contributed by atoms with Crippen LogP contribution in [0.25, 0.3) is 0 Å². The van der Waals surface area contributed by atoms with Gasteiger partial charge in [0.05, 0.1) is 11.1 Å². The maximum Gasteiger partial charge on any atom is 0.344 e. The summed E-state index contributed by atoms with van der Waals surface area (Å²) < 4.78 is 0. The number of thiophene rings is 1. The van der Waals surface area contributed by atoms with Crippen molar-refractivity contribution in [2.24, 2.45) is 5.16 Å². The number of oxime groups is 1. The van der Waals surface area contributed by atoms with Gasteiger partial charge in [-0.2, -0.15) is 0 Å². The van der Waals surface area contributed by atoms with E-state index in [2.05, 4.69) is 9.99 Å². The topological polar surface area (TPSA) is 102 Å². The minimum atomic E-state index is -1.14. The Kier molecular flexibility index (Phi) is 3.75.